The van der Waals surface area contributed by atoms with E-state index in [2.05, 4.69) is 41.3 Å². The van der Waals surface area contributed by atoms with E-state index in [4.69, 9.17) is 9.84 Å². The first kappa shape index (κ1) is 19.6. The van der Waals surface area contributed by atoms with Crippen molar-refractivity contribution >= 4 is 28.1 Å². The van der Waals surface area contributed by atoms with E-state index >= 15 is 0 Å². The highest BCUT2D eigenvalue weighted by Crippen LogP contribution is 2.49. The topological polar surface area (TPSA) is 81.9 Å². The zero-order valence-corrected chi connectivity index (χ0v) is 18.0. The first-order valence-electron chi connectivity index (χ1n) is 9.96. The van der Waals surface area contributed by atoms with Crippen molar-refractivity contribution in [3.8, 4) is 27.6 Å². The molecule has 2 unspecified atom stereocenters. The molecule has 1 aliphatic heterocycles. The van der Waals surface area contributed by atoms with Crippen LogP contribution in [0.2, 0.25) is 0 Å². The molecule has 2 atom stereocenters. The Morgan fingerprint density at radius 1 is 1.35 bits per heavy atom. The molecule has 7 nitrogen and oxygen atoms in total. The standard InChI is InChI=1S/C22H20FN5O2S/c1-11-5-4-6-16(12(11)2)28-19-20(18(27-28)14-7-8-17(23)24-9-14)30-10-15-21(19)31-22(26-15)25-13(3)29/h4-9,11-12H,10H2,1-3H3,(H,25,26,29). The highest BCUT2D eigenvalue weighted by Gasteiger charge is 2.33. The number of rotatable bonds is 3. The average molecular weight is 438 g/mol. The zero-order chi connectivity index (χ0) is 21.7. The van der Waals surface area contributed by atoms with Crippen molar-refractivity contribution in [3.05, 3.63) is 48.2 Å². The molecule has 0 saturated carbocycles. The van der Waals surface area contributed by atoms with Gasteiger partial charge < -0.3 is 10.1 Å². The van der Waals surface area contributed by atoms with E-state index in [1.54, 1.807) is 6.07 Å². The number of halogens is 1. The summed E-state index contributed by atoms with van der Waals surface area (Å²) in [6, 6.07) is 2.95. The van der Waals surface area contributed by atoms with Crippen molar-refractivity contribution in [3.63, 3.8) is 0 Å². The third-order valence-electron chi connectivity index (χ3n) is 5.57. The summed E-state index contributed by atoms with van der Waals surface area (Å²) in [5.74, 6) is 0.443. The molecule has 0 aromatic carbocycles. The van der Waals surface area contributed by atoms with E-state index in [9.17, 15) is 9.18 Å². The van der Waals surface area contributed by atoms with Crippen molar-refractivity contribution < 1.29 is 13.9 Å². The number of anilines is 1. The van der Waals surface area contributed by atoms with Gasteiger partial charge in [0.1, 0.15) is 23.7 Å². The first-order chi connectivity index (χ1) is 14.9. The van der Waals surface area contributed by atoms with Crippen LogP contribution >= 0.6 is 11.3 Å². The van der Waals surface area contributed by atoms with Crippen LogP contribution in [0, 0.1) is 17.8 Å². The Kier molecular flexibility index (Phi) is 4.70. The third kappa shape index (κ3) is 3.34. The van der Waals surface area contributed by atoms with Gasteiger partial charge in [-0.1, -0.05) is 37.3 Å². The Bertz CT molecular complexity index is 1240. The van der Waals surface area contributed by atoms with Crippen LogP contribution in [-0.2, 0) is 11.4 Å². The number of aromatic nitrogens is 4. The van der Waals surface area contributed by atoms with E-state index in [0.717, 1.165) is 22.0 Å². The highest BCUT2D eigenvalue weighted by atomic mass is 32.1. The maximum Gasteiger partial charge on any atom is 0.223 e. The van der Waals surface area contributed by atoms with Gasteiger partial charge >= 0.3 is 0 Å². The monoisotopic (exact) mass is 437 g/mol. The smallest absolute Gasteiger partial charge is 0.223 e. The van der Waals surface area contributed by atoms with E-state index in [1.165, 1.54) is 30.5 Å². The van der Waals surface area contributed by atoms with E-state index in [-0.39, 0.29) is 18.4 Å². The first-order valence-corrected chi connectivity index (χ1v) is 10.8. The van der Waals surface area contributed by atoms with E-state index < -0.39 is 5.95 Å². The molecular formula is C22H20FN5O2S. The summed E-state index contributed by atoms with van der Waals surface area (Å²) in [5.41, 5.74) is 3.82. The number of carbonyl (C=O) groups is 1. The largest absolute Gasteiger partial charge is 0.483 e. The molecule has 0 saturated heterocycles. The number of nitrogens with one attached hydrogen (secondary N) is 1. The Balaban J connectivity index is 1.73. The second-order valence-electron chi connectivity index (χ2n) is 7.70. The van der Waals surface area contributed by atoms with Gasteiger partial charge in [-0.15, -0.1) is 0 Å². The zero-order valence-electron chi connectivity index (χ0n) is 17.2. The number of amides is 1. The lowest BCUT2D eigenvalue weighted by Crippen LogP contribution is -2.17. The van der Waals surface area contributed by atoms with Crippen LogP contribution in [0.25, 0.3) is 27.5 Å². The molecule has 0 spiro atoms. The second-order valence-corrected chi connectivity index (χ2v) is 8.70. The molecular weight excluding hydrogens is 417 g/mol. The maximum atomic E-state index is 13.4. The molecule has 158 valence electrons. The summed E-state index contributed by atoms with van der Waals surface area (Å²) in [6.45, 7) is 6.04. The van der Waals surface area contributed by atoms with Gasteiger partial charge in [-0.3, -0.25) is 4.79 Å². The van der Waals surface area contributed by atoms with Crippen LogP contribution in [0.5, 0.6) is 5.75 Å². The van der Waals surface area contributed by atoms with Crippen LogP contribution in [0.1, 0.15) is 26.5 Å². The molecule has 9 heteroatoms. The third-order valence-corrected chi connectivity index (χ3v) is 6.59. The molecule has 31 heavy (non-hydrogen) atoms. The number of ether oxygens (including phenoxy) is 1. The maximum absolute atomic E-state index is 13.4. The summed E-state index contributed by atoms with van der Waals surface area (Å²) in [6.07, 6.45) is 7.71. The molecule has 1 aliphatic carbocycles. The minimum absolute atomic E-state index is 0.179. The number of allylic oxidation sites excluding steroid dienone is 4. The Morgan fingerprint density at radius 2 is 2.19 bits per heavy atom. The number of thiazole rings is 1. The number of carbonyl (C=O) groups excluding carboxylic acids is 1. The van der Waals surface area contributed by atoms with Gasteiger partial charge in [-0.05, 0) is 24.1 Å². The van der Waals surface area contributed by atoms with Crippen LogP contribution < -0.4 is 10.1 Å². The van der Waals surface area contributed by atoms with Crippen LogP contribution in [0.3, 0.4) is 0 Å². The number of hydrogen-bond donors (Lipinski definition) is 1. The predicted octanol–water partition coefficient (Wildman–Crippen LogP) is 4.74. The fourth-order valence-corrected chi connectivity index (χ4v) is 4.83. The van der Waals surface area contributed by atoms with Crippen LogP contribution in [0.15, 0.2) is 36.6 Å². The van der Waals surface area contributed by atoms with Crippen molar-refractivity contribution in [1.82, 2.24) is 19.7 Å². The van der Waals surface area contributed by atoms with Crippen LogP contribution in [-0.4, -0.2) is 25.7 Å². The van der Waals surface area contributed by atoms with Crippen molar-refractivity contribution in [2.75, 3.05) is 5.32 Å². The van der Waals surface area contributed by atoms with Gasteiger partial charge in [0.2, 0.25) is 11.9 Å². The lowest BCUT2D eigenvalue weighted by atomic mass is 9.88. The van der Waals surface area contributed by atoms with Gasteiger partial charge in [0.25, 0.3) is 0 Å². The summed E-state index contributed by atoms with van der Waals surface area (Å²) >= 11 is 1.39. The predicted molar refractivity (Wildman–Crippen MR) is 117 cm³/mol. The molecule has 4 heterocycles. The molecule has 0 radical (unpaired) electrons. The van der Waals surface area contributed by atoms with Crippen molar-refractivity contribution in [2.24, 2.45) is 11.8 Å². The van der Waals surface area contributed by atoms with Crippen LogP contribution in [0.4, 0.5) is 9.52 Å². The molecule has 3 aromatic rings. The molecule has 2 aliphatic rings. The molecule has 0 fully saturated rings. The second kappa shape index (κ2) is 7.42. The highest BCUT2D eigenvalue weighted by molar-refractivity contribution is 7.19. The average Bonchev–Trinajstić information content (AvgIpc) is 3.31. The molecule has 1 amide bonds. The lowest BCUT2D eigenvalue weighted by Gasteiger charge is -2.25. The quantitative estimate of drug-likeness (QED) is 0.599. The Morgan fingerprint density at radius 3 is 2.94 bits per heavy atom. The van der Waals surface area contributed by atoms with Gasteiger partial charge in [0.05, 0.1) is 4.88 Å². The number of hydrogen-bond acceptors (Lipinski definition) is 6. The summed E-state index contributed by atoms with van der Waals surface area (Å²) < 4.78 is 21.4. The molecule has 0 bridgehead atoms. The van der Waals surface area contributed by atoms with Gasteiger partial charge in [0, 0.05) is 30.3 Å². The summed E-state index contributed by atoms with van der Waals surface area (Å²) in [5, 5.41) is 8.17. The lowest BCUT2D eigenvalue weighted by molar-refractivity contribution is -0.114. The number of pyridine rings is 1. The van der Waals surface area contributed by atoms with Gasteiger partial charge in [0.15, 0.2) is 10.9 Å². The normalized spacial score (nSPS) is 19.3. The van der Waals surface area contributed by atoms with Crippen molar-refractivity contribution in [1.29, 1.82) is 0 Å². The van der Waals surface area contributed by atoms with Gasteiger partial charge in [-0.2, -0.15) is 9.49 Å². The Labute approximate surface area is 182 Å². The number of nitrogens with zero attached hydrogens (tertiary/aromatic N) is 4. The summed E-state index contributed by atoms with van der Waals surface area (Å²) in [7, 11) is 0. The fourth-order valence-electron chi connectivity index (χ4n) is 3.79. The molecule has 3 aromatic heterocycles. The minimum atomic E-state index is -0.551. The van der Waals surface area contributed by atoms with E-state index in [1.807, 2.05) is 10.8 Å². The minimum Gasteiger partial charge on any atom is -0.483 e. The summed E-state index contributed by atoms with van der Waals surface area (Å²) in [4.78, 5) is 20.7. The SMILES string of the molecule is CC(=O)Nc1nc2c(s1)-c1c(c(-c3ccc(F)nc3)nn1C1=CC=CC(C)C1C)OC2. The van der Waals surface area contributed by atoms with Gasteiger partial charge in [-0.25, -0.2) is 14.6 Å². The molecule has 1 N–H and O–H groups in total. The fraction of sp³-hybridized carbons (Fsp3) is 0.273. The Hall–Kier alpha value is -3.33. The number of fused-ring (bicyclic) bond motifs is 3. The van der Waals surface area contributed by atoms with Crippen molar-refractivity contribution in [2.45, 2.75) is 27.4 Å². The molecule has 5 rings (SSSR count). The van der Waals surface area contributed by atoms with E-state index in [0.29, 0.717) is 28.1 Å².